The van der Waals surface area contributed by atoms with E-state index in [0.29, 0.717) is 31.4 Å². The summed E-state index contributed by atoms with van der Waals surface area (Å²) in [5.41, 5.74) is -1.31. The van der Waals surface area contributed by atoms with Crippen molar-refractivity contribution in [2.24, 2.45) is 5.92 Å². The zero-order chi connectivity index (χ0) is 21.7. The Kier molecular flexibility index (Phi) is 7.06. The van der Waals surface area contributed by atoms with Crippen LogP contribution in [0.4, 0.5) is 10.2 Å². The molecule has 1 saturated heterocycles. The summed E-state index contributed by atoms with van der Waals surface area (Å²) in [7, 11) is 1.66. The van der Waals surface area contributed by atoms with Gasteiger partial charge >= 0.3 is 5.97 Å². The second kappa shape index (κ2) is 9.55. The van der Waals surface area contributed by atoms with E-state index in [1.54, 1.807) is 21.0 Å². The quantitative estimate of drug-likeness (QED) is 0.537. The molecule has 9 nitrogen and oxygen atoms in total. The van der Waals surface area contributed by atoms with Crippen molar-refractivity contribution in [3.05, 3.63) is 11.9 Å². The normalized spacial score (nSPS) is 16.7. The minimum atomic E-state index is -1.33. The van der Waals surface area contributed by atoms with Crippen LogP contribution in [0.3, 0.4) is 0 Å². The number of methoxy groups -OCH3 is 1. The van der Waals surface area contributed by atoms with Gasteiger partial charge in [-0.25, -0.2) is 19.2 Å². The first kappa shape index (κ1) is 22.2. The Balaban J connectivity index is 1.79. The lowest BCUT2D eigenvalue weighted by Gasteiger charge is -2.39. The van der Waals surface area contributed by atoms with Gasteiger partial charge in [0.1, 0.15) is 5.54 Å². The zero-order valence-electron chi connectivity index (χ0n) is 17.6. The molecular weight excluding hydrogens is 395 g/mol. The Hall–Kier alpha value is -2.49. The molecule has 2 heterocycles. The number of halogens is 1. The van der Waals surface area contributed by atoms with E-state index in [9.17, 15) is 14.0 Å². The van der Waals surface area contributed by atoms with Gasteiger partial charge in [0.05, 0.1) is 18.9 Å². The predicted molar refractivity (Wildman–Crippen MR) is 106 cm³/mol. The highest BCUT2D eigenvalue weighted by molar-refractivity contribution is 5.96. The maximum atomic E-state index is 12.8. The van der Waals surface area contributed by atoms with Gasteiger partial charge in [-0.3, -0.25) is 4.79 Å². The molecule has 0 aromatic carbocycles. The number of hydrogen-bond acceptors (Lipinski definition) is 8. The van der Waals surface area contributed by atoms with E-state index in [1.807, 2.05) is 4.90 Å². The fourth-order valence-electron chi connectivity index (χ4n) is 3.27. The van der Waals surface area contributed by atoms with Crippen LogP contribution in [0.5, 0.6) is 5.88 Å². The third kappa shape index (κ3) is 4.80. The number of carbonyl (C=O) groups is 2. The Morgan fingerprint density at radius 1 is 1.30 bits per heavy atom. The summed E-state index contributed by atoms with van der Waals surface area (Å²) in [6, 6.07) is 0. The number of ether oxygens (including phenoxy) is 3. The SMILES string of the molecule is CCC(CC)(NC(=O)c1cnc(N2CC(OC)C2)c(OCC2CC2)n1)C(=O)OCF. The average molecular weight is 424 g/mol. The Labute approximate surface area is 175 Å². The standard InChI is InChI=1S/C20H29FN4O5/c1-4-20(5-2,19(27)30-12-21)24-17(26)15-8-22-16(25-9-14(10-25)28-3)18(23-15)29-11-13-6-7-13/h8,13-14H,4-7,9-12H2,1-3H3,(H,24,26). The van der Waals surface area contributed by atoms with Gasteiger partial charge in [0, 0.05) is 20.2 Å². The van der Waals surface area contributed by atoms with Gasteiger partial charge in [-0.05, 0) is 31.6 Å². The summed E-state index contributed by atoms with van der Waals surface area (Å²) in [5.74, 6) is -0.0558. The fraction of sp³-hybridized carbons (Fsp3) is 0.700. The molecule has 1 aliphatic carbocycles. The molecule has 1 aliphatic heterocycles. The first-order valence-corrected chi connectivity index (χ1v) is 10.3. The Bertz CT molecular complexity index is 764. The van der Waals surface area contributed by atoms with Crippen LogP contribution in [-0.2, 0) is 14.3 Å². The van der Waals surface area contributed by atoms with Crippen LogP contribution in [0.2, 0.25) is 0 Å². The van der Waals surface area contributed by atoms with E-state index in [2.05, 4.69) is 20.0 Å². The number of amides is 1. The monoisotopic (exact) mass is 424 g/mol. The van der Waals surface area contributed by atoms with E-state index >= 15 is 0 Å². The van der Waals surface area contributed by atoms with Crippen LogP contribution in [0.15, 0.2) is 6.20 Å². The van der Waals surface area contributed by atoms with Crippen molar-refractivity contribution in [3.8, 4) is 5.88 Å². The Morgan fingerprint density at radius 2 is 2.00 bits per heavy atom. The van der Waals surface area contributed by atoms with Gasteiger partial charge in [0.25, 0.3) is 11.8 Å². The summed E-state index contributed by atoms with van der Waals surface area (Å²) in [4.78, 5) is 35.8. The molecule has 1 aromatic heterocycles. The molecule has 0 atom stereocenters. The molecule has 3 rings (SSSR count). The number of aromatic nitrogens is 2. The first-order chi connectivity index (χ1) is 14.5. The number of hydrogen-bond donors (Lipinski definition) is 1. The molecule has 0 radical (unpaired) electrons. The maximum absolute atomic E-state index is 12.8. The Morgan fingerprint density at radius 3 is 2.57 bits per heavy atom. The predicted octanol–water partition coefficient (Wildman–Crippen LogP) is 1.86. The molecule has 1 N–H and O–H groups in total. The fourth-order valence-corrected chi connectivity index (χ4v) is 3.27. The molecule has 0 unspecified atom stereocenters. The number of anilines is 1. The summed E-state index contributed by atoms with van der Waals surface area (Å²) in [6.45, 7) is 4.05. The van der Waals surface area contributed by atoms with Gasteiger partial charge in [0.15, 0.2) is 11.5 Å². The van der Waals surface area contributed by atoms with Crippen molar-refractivity contribution in [2.75, 3.05) is 38.6 Å². The summed E-state index contributed by atoms with van der Waals surface area (Å²) in [5, 5.41) is 2.66. The topological polar surface area (TPSA) is 103 Å². The molecule has 10 heteroatoms. The molecule has 1 amide bonds. The van der Waals surface area contributed by atoms with Crippen LogP contribution in [0.25, 0.3) is 0 Å². The number of nitrogens with one attached hydrogen (secondary N) is 1. The van der Waals surface area contributed by atoms with E-state index in [0.717, 1.165) is 12.8 Å². The van der Waals surface area contributed by atoms with Gasteiger partial charge < -0.3 is 24.4 Å². The molecule has 166 valence electrons. The van der Waals surface area contributed by atoms with Gasteiger partial charge in [-0.1, -0.05) is 13.8 Å². The molecule has 2 aliphatic rings. The van der Waals surface area contributed by atoms with Gasteiger partial charge in [0.2, 0.25) is 6.86 Å². The highest BCUT2D eigenvalue weighted by atomic mass is 19.1. The lowest BCUT2D eigenvalue weighted by molar-refractivity contribution is -0.155. The second-order valence-electron chi connectivity index (χ2n) is 7.69. The molecule has 30 heavy (non-hydrogen) atoms. The van der Waals surface area contributed by atoms with E-state index in [-0.39, 0.29) is 30.5 Å². The van der Waals surface area contributed by atoms with Crippen LogP contribution in [0.1, 0.15) is 50.0 Å². The largest absolute Gasteiger partial charge is 0.475 e. The van der Waals surface area contributed by atoms with Crippen molar-refractivity contribution < 1.29 is 28.2 Å². The van der Waals surface area contributed by atoms with E-state index < -0.39 is 24.3 Å². The third-order valence-electron chi connectivity index (χ3n) is 5.72. The van der Waals surface area contributed by atoms with E-state index in [1.165, 1.54) is 6.20 Å². The average Bonchev–Trinajstić information content (AvgIpc) is 3.55. The number of rotatable bonds is 11. The van der Waals surface area contributed by atoms with Gasteiger partial charge in [-0.2, -0.15) is 0 Å². The first-order valence-electron chi connectivity index (χ1n) is 10.3. The molecular formula is C20H29FN4O5. The molecule has 0 bridgehead atoms. The number of nitrogens with zero attached hydrogens (tertiary/aromatic N) is 3. The molecule has 0 spiro atoms. The lowest BCUT2D eigenvalue weighted by atomic mass is 9.92. The van der Waals surface area contributed by atoms with Crippen molar-refractivity contribution >= 4 is 17.7 Å². The second-order valence-corrected chi connectivity index (χ2v) is 7.69. The van der Waals surface area contributed by atoms with Crippen molar-refractivity contribution in [1.82, 2.24) is 15.3 Å². The third-order valence-corrected chi connectivity index (χ3v) is 5.72. The van der Waals surface area contributed by atoms with E-state index in [4.69, 9.17) is 9.47 Å². The summed E-state index contributed by atoms with van der Waals surface area (Å²) >= 11 is 0. The minimum Gasteiger partial charge on any atom is -0.475 e. The number of carbonyl (C=O) groups excluding carboxylic acids is 2. The molecule has 1 saturated carbocycles. The number of esters is 1. The van der Waals surface area contributed by atoms with Crippen molar-refractivity contribution in [1.29, 1.82) is 0 Å². The van der Waals surface area contributed by atoms with Crippen molar-refractivity contribution in [2.45, 2.75) is 51.2 Å². The van der Waals surface area contributed by atoms with Crippen molar-refractivity contribution in [3.63, 3.8) is 0 Å². The van der Waals surface area contributed by atoms with Crippen LogP contribution < -0.4 is 15.0 Å². The number of alkyl halides is 1. The minimum absolute atomic E-state index is 0.0210. The molecule has 1 aromatic rings. The van der Waals surface area contributed by atoms with Gasteiger partial charge in [-0.15, -0.1) is 0 Å². The lowest BCUT2D eigenvalue weighted by Crippen LogP contribution is -2.54. The smallest absolute Gasteiger partial charge is 0.334 e. The highest BCUT2D eigenvalue weighted by Gasteiger charge is 2.39. The zero-order valence-corrected chi connectivity index (χ0v) is 17.6. The molecule has 2 fully saturated rings. The highest BCUT2D eigenvalue weighted by Crippen LogP contribution is 2.33. The maximum Gasteiger partial charge on any atom is 0.334 e. The summed E-state index contributed by atoms with van der Waals surface area (Å²) < 4.78 is 28.2. The summed E-state index contributed by atoms with van der Waals surface area (Å²) in [6.07, 6.45) is 4.20. The van der Waals surface area contributed by atoms with Crippen LogP contribution >= 0.6 is 0 Å². The van der Waals surface area contributed by atoms with Crippen LogP contribution in [0, 0.1) is 5.92 Å². The van der Waals surface area contributed by atoms with Crippen LogP contribution in [-0.4, -0.2) is 67.2 Å².